The van der Waals surface area contributed by atoms with Crippen molar-refractivity contribution in [2.24, 2.45) is 0 Å². The van der Waals surface area contributed by atoms with Gasteiger partial charge in [0.05, 0.1) is 10.9 Å². The van der Waals surface area contributed by atoms with Crippen LogP contribution in [0.2, 0.25) is 0 Å². The first-order chi connectivity index (χ1) is 7.50. The van der Waals surface area contributed by atoms with Gasteiger partial charge in [-0.05, 0) is 36.9 Å². The second kappa shape index (κ2) is 3.52. The van der Waals surface area contributed by atoms with Gasteiger partial charge in [0.15, 0.2) is 5.78 Å². The molecule has 0 spiro atoms. The molecule has 82 valence electrons. The Hall–Kier alpha value is -2.03. The number of rotatable bonds is 1. The lowest BCUT2D eigenvalue weighted by Gasteiger charge is -2.08. The van der Waals surface area contributed by atoms with Crippen molar-refractivity contribution in [1.82, 2.24) is 0 Å². The molecule has 2 rings (SSSR count). The Kier molecular flexibility index (Phi) is 2.31. The number of carbonyl (C=O) groups is 1. The topological polar surface area (TPSA) is 57.5 Å². The number of aryl methyl sites for hydroxylation is 1. The third kappa shape index (κ3) is 1.50. The summed E-state index contributed by atoms with van der Waals surface area (Å²) in [6.45, 7) is 3.24. The number of hydrogen-bond acceptors (Lipinski definition) is 3. The molecule has 0 saturated heterocycles. The zero-order chi connectivity index (χ0) is 11.9. The minimum absolute atomic E-state index is 0.00407. The van der Waals surface area contributed by atoms with Crippen LogP contribution >= 0.6 is 0 Å². The minimum atomic E-state index is -0.223. The number of benzene rings is 2. The number of hydrogen-bond donors (Lipinski definition) is 2. The Bertz CT molecular complexity index is 585. The van der Waals surface area contributed by atoms with Gasteiger partial charge in [0.25, 0.3) is 0 Å². The van der Waals surface area contributed by atoms with E-state index in [-0.39, 0.29) is 22.8 Å². The minimum Gasteiger partial charge on any atom is -0.507 e. The summed E-state index contributed by atoms with van der Waals surface area (Å²) in [5.41, 5.74) is 1.13. The molecule has 0 aromatic heterocycles. The Morgan fingerprint density at radius 2 is 1.88 bits per heavy atom. The summed E-state index contributed by atoms with van der Waals surface area (Å²) in [4.78, 5) is 11.2. The number of aromatic hydroxyl groups is 2. The van der Waals surface area contributed by atoms with Crippen molar-refractivity contribution in [2.45, 2.75) is 13.8 Å². The van der Waals surface area contributed by atoms with Gasteiger partial charge in [0.1, 0.15) is 11.5 Å². The lowest BCUT2D eigenvalue weighted by molar-refractivity contribution is 0.101. The molecule has 0 aliphatic carbocycles. The first kappa shape index (κ1) is 10.5. The fraction of sp³-hybridized carbons (Fsp3) is 0.154. The highest BCUT2D eigenvalue weighted by Crippen LogP contribution is 2.36. The van der Waals surface area contributed by atoms with Gasteiger partial charge in [-0.1, -0.05) is 12.1 Å². The highest BCUT2D eigenvalue weighted by atomic mass is 16.3. The van der Waals surface area contributed by atoms with E-state index in [1.807, 2.05) is 13.0 Å². The van der Waals surface area contributed by atoms with Crippen molar-refractivity contribution < 1.29 is 15.0 Å². The van der Waals surface area contributed by atoms with Gasteiger partial charge in [-0.25, -0.2) is 0 Å². The fourth-order valence-electron chi connectivity index (χ4n) is 1.86. The zero-order valence-electron chi connectivity index (χ0n) is 9.11. The molecular weight excluding hydrogens is 204 g/mol. The van der Waals surface area contributed by atoms with E-state index in [2.05, 4.69) is 0 Å². The molecule has 0 unspecified atom stereocenters. The maximum absolute atomic E-state index is 11.2. The fourth-order valence-corrected chi connectivity index (χ4v) is 1.86. The number of ketones is 1. The summed E-state index contributed by atoms with van der Waals surface area (Å²) in [5.74, 6) is -0.377. The van der Waals surface area contributed by atoms with Crippen molar-refractivity contribution in [3.8, 4) is 11.5 Å². The summed E-state index contributed by atoms with van der Waals surface area (Å²) >= 11 is 0. The lowest BCUT2D eigenvalue weighted by Crippen LogP contribution is -1.93. The Morgan fingerprint density at radius 1 is 1.19 bits per heavy atom. The van der Waals surface area contributed by atoms with E-state index in [1.54, 1.807) is 18.2 Å². The molecule has 0 heterocycles. The molecule has 16 heavy (non-hydrogen) atoms. The van der Waals surface area contributed by atoms with Gasteiger partial charge in [0, 0.05) is 0 Å². The van der Waals surface area contributed by atoms with Crippen LogP contribution in [-0.4, -0.2) is 16.0 Å². The summed E-state index contributed by atoms with van der Waals surface area (Å²) in [6, 6.07) is 6.70. The molecular formula is C13H12O3. The standard InChI is InChI=1S/C13H12O3/c1-7-5-9-3-4-10(8(2)14)13(16)12(9)11(15)6-7/h3-6,15-16H,1-2H3. The Labute approximate surface area is 93.0 Å². The molecule has 0 atom stereocenters. The molecule has 3 heteroatoms. The highest BCUT2D eigenvalue weighted by Gasteiger charge is 2.13. The monoisotopic (exact) mass is 216 g/mol. The van der Waals surface area contributed by atoms with Gasteiger partial charge < -0.3 is 10.2 Å². The van der Waals surface area contributed by atoms with E-state index >= 15 is 0 Å². The average molecular weight is 216 g/mol. The molecule has 0 saturated carbocycles. The lowest BCUT2D eigenvalue weighted by atomic mass is 10.0. The SMILES string of the molecule is CC(=O)c1ccc2cc(C)cc(O)c2c1O. The normalized spacial score (nSPS) is 10.6. The molecule has 0 radical (unpaired) electrons. The van der Waals surface area contributed by atoms with Crippen LogP contribution in [-0.2, 0) is 0 Å². The van der Waals surface area contributed by atoms with Gasteiger partial charge in [-0.3, -0.25) is 4.79 Å². The van der Waals surface area contributed by atoms with E-state index < -0.39 is 0 Å². The largest absolute Gasteiger partial charge is 0.507 e. The maximum Gasteiger partial charge on any atom is 0.163 e. The molecule has 2 N–H and O–H groups in total. The van der Waals surface area contributed by atoms with Crippen LogP contribution in [0.25, 0.3) is 10.8 Å². The highest BCUT2D eigenvalue weighted by molar-refractivity contribution is 6.05. The van der Waals surface area contributed by atoms with E-state index in [9.17, 15) is 15.0 Å². The number of fused-ring (bicyclic) bond motifs is 1. The predicted molar refractivity (Wildman–Crippen MR) is 62.0 cm³/mol. The second-order valence-electron chi connectivity index (χ2n) is 3.90. The van der Waals surface area contributed by atoms with Gasteiger partial charge in [0.2, 0.25) is 0 Å². The van der Waals surface area contributed by atoms with Crippen LogP contribution in [0, 0.1) is 6.92 Å². The van der Waals surface area contributed by atoms with E-state index in [4.69, 9.17) is 0 Å². The smallest absolute Gasteiger partial charge is 0.163 e. The summed E-state index contributed by atoms with van der Waals surface area (Å²) < 4.78 is 0. The molecule has 2 aromatic carbocycles. The maximum atomic E-state index is 11.2. The predicted octanol–water partition coefficient (Wildman–Crippen LogP) is 2.76. The number of carbonyl (C=O) groups excluding carboxylic acids is 1. The van der Waals surface area contributed by atoms with E-state index in [0.29, 0.717) is 5.39 Å². The van der Waals surface area contributed by atoms with Crippen LogP contribution in [0.1, 0.15) is 22.8 Å². The van der Waals surface area contributed by atoms with Crippen molar-refractivity contribution in [1.29, 1.82) is 0 Å². The number of Topliss-reactive ketones (excluding diaryl/α,β-unsaturated/α-hetero) is 1. The number of phenols is 2. The van der Waals surface area contributed by atoms with Crippen molar-refractivity contribution in [3.63, 3.8) is 0 Å². The van der Waals surface area contributed by atoms with Crippen molar-refractivity contribution in [2.75, 3.05) is 0 Å². The molecule has 0 fully saturated rings. The Balaban J connectivity index is 2.89. The van der Waals surface area contributed by atoms with Gasteiger partial charge >= 0.3 is 0 Å². The van der Waals surface area contributed by atoms with Gasteiger partial charge in [-0.15, -0.1) is 0 Å². The quantitative estimate of drug-likeness (QED) is 0.720. The molecule has 0 amide bonds. The molecule has 0 bridgehead atoms. The first-order valence-electron chi connectivity index (χ1n) is 4.97. The zero-order valence-corrected chi connectivity index (χ0v) is 9.11. The molecule has 3 nitrogen and oxygen atoms in total. The van der Waals surface area contributed by atoms with Crippen LogP contribution < -0.4 is 0 Å². The third-order valence-electron chi connectivity index (χ3n) is 2.59. The summed E-state index contributed by atoms with van der Waals surface area (Å²) in [5, 5.41) is 20.7. The summed E-state index contributed by atoms with van der Waals surface area (Å²) in [6.07, 6.45) is 0. The molecule has 0 aliphatic heterocycles. The van der Waals surface area contributed by atoms with Crippen LogP contribution in [0.3, 0.4) is 0 Å². The van der Waals surface area contributed by atoms with Crippen molar-refractivity contribution in [3.05, 3.63) is 35.4 Å². The van der Waals surface area contributed by atoms with Gasteiger partial charge in [-0.2, -0.15) is 0 Å². The third-order valence-corrected chi connectivity index (χ3v) is 2.59. The summed E-state index contributed by atoms with van der Waals surface area (Å²) in [7, 11) is 0. The average Bonchev–Trinajstić information content (AvgIpc) is 2.15. The second-order valence-corrected chi connectivity index (χ2v) is 3.90. The van der Waals surface area contributed by atoms with Crippen LogP contribution in [0.5, 0.6) is 11.5 Å². The number of phenolic OH excluding ortho intramolecular Hbond substituents is 2. The first-order valence-corrected chi connectivity index (χ1v) is 4.97. The van der Waals surface area contributed by atoms with E-state index in [1.165, 1.54) is 6.92 Å². The molecule has 0 aliphatic rings. The van der Waals surface area contributed by atoms with E-state index in [0.717, 1.165) is 10.9 Å². The molecule has 2 aromatic rings. The van der Waals surface area contributed by atoms with Crippen LogP contribution in [0.15, 0.2) is 24.3 Å². The van der Waals surface area contributed by atoms with Crippen molar-refractivity contribution >= 4 is 16.6 Å². The van der Waals surface area contributed by atoms with Crippen LogP contribution in [0.4, 0.5) is 0 Å². The Morgan fingerprint density at radius 3 is 2.50 bits per heavy atom.